The maximum absolute atomic E-state index is 12.5. The Morgan fingerprint density at radius 2 is 1.83 bits per heavy atom. The van der Waals surface area contributed by atoms with Gasteiger partial charge in [0, 0.05) is 24.0 Å². The average molecular weight is 392 g/mol. The van der Waals surface area contributed by atoms with Crippen molar-refractivity contribution in [3.8, 4) is 11.3 Å². The van der Waals surface area contributed by atoms with E-state index < -0.39 is 0 Å². The van der Waals surface area contributed by atoms with Gasteiger partial charge in [-0.2, -0.15) is 5.10 Å². The maximum atomic E-state index is 12.5. The molecule has 0 saturated heterocycles. The van der Waals surface area contributed by atoms with Gasteiger partial charge in [0.15, 0.2) is 0 Å². The number of aryl methyl sites for hydroxylation is 2. The highest BCUT2D eigenvalue weighted by atomic mass is 16.5. The molecule has 7 nitrogen and oxygen atoms in total. The Balaban J connectivity index is 1.68. The van der Waals surface area contributed by atoms with E-state index in [1.54, 1.807) is 24.3 Å². The second-order valence-corrected chi connectivity index (χ2v) is 6.68. The van der Waals surface area contributed by atoms with E-state index >= 15 is 0 Å². The molecule has 7 heteroatoms. The Kier molecular flexibility index (Phi) is 6.41. The number of methoxy groups -OCH3 is 1. The van der Waals surface area contributed by atoms with Gasteiger partial charge in [-0.3, -0.25) is 14.7 Å². The Morgan fingerprint density at radius 1 is 1.07 bits per heavy atom. The molecular formula is C22H24N4O3. The van der Waals surface area contributed by atoms with Crippen molar-refractivity contribution in [2.75, 3.05) is 24.4 Å². The summed E-state index contributed by atoms with van der Waals surface area (Å²) in [7, 11) is 1.46. The minimum atomic E-state index is -0.288. The van der Waals surface area contributed by atoms with Crippen molar-refractivity contribution in [3.63, 3.8) is 0 Å². The number of aromatic nitrogens is 2. The highest BCUT2D eigenvalue weighted by Crippen LogP contribution is 2.22. The number of aromatic amines is 1. The summed E-state index contributed by atoms with van der Waals surface area (Å²) < 4.78 is 4.81. The summed E-state index contributed by atoms with van der Waals surface area (Å²) in [6.45, 7) is 3.95. The van der Waals surface area contributed by atoms with Crippen molar-refractivity contribution >= 4 is 23.2 Å². The molecule has 150 valence electrons. The fraction of sp³-hybridized carbons (Fsp3) is 0.227. The Bertz CT molecular complexity index is 1010. The molecule has 0 saturated carbocycles. The Morgan fingerprint density at radius 3 is 2.48 bits per heavy atom. The van der Waals surface area contributed by atoms with Gasteiger partial charge in [0.2, 0.25) is 5.91 Å². The molecule has 2 amide bonds. The van der Waals surface area contributed by atoms with Crippen LogP contribution >= 0.6 is 0 Å². The van der Waals surface area contributed by atoms with Crippen molar-refractivity contribution in [2.45, 2.75) is 20.3 Å². The van der Waals surface area contributed by atoms with Gasteiger partial charge >= 0.3 is 0 Å². The van der Waals surface area contributed by atoms with Crippen LogP contribution in [0.3, 0.4) is 0 Å². The van der Waals surface area contributed by atoms with E-state index in [4.69, 9.17) is 4.74 Å². The normalized spacial score (nSPS) is 10.6. The van der Waals surface area contributed by atoms with Crippen LogP contribution in [-0.4, -0.2) is 35.7 Å². The van der Waals surface area contributed by atoms with Crippen molar-refractivity contribution in [1.82, 2.24) is 10.2 Å². The fourth-order valence-corrected chi connectivity index (χ4v) is 2.89. The molecule has 3 N–H and O–H groups in total. The largest absolute Gasteiger partial charge is 0.375 e. The Hall–Kier alpha value is -3.45. The number of rotatable bonds is 7. The average Bonchev–Trinajstić information content (AvgIpc) is 3.21. The Labute approximate surface area is 169 Å². The van der Waals surface area contributed by atoms with Crippen molar-refractivity contribution in [2.24, 2.45) is 0 Å². The number of carbonyl (C=O) groups excluding carboxylic acids is 2. The van der Waals surface area contributed by atoms with Gasteiger partial charge in [-0.25, -0.2) is 0 Å². The zero-order valence-corrected chi connectivity index (χ0v) is 16.7. The summed E-state index contributed by atoms with van der Waals surface area (Å²) in [4.78, 5) is 24.2. The van der Waals surface area contributed by atoms with Gasteiger partial charge in [0.25, 0.3) is 5.91 Å². The van der Waals surface area contributed by atoms with Crippen molar-refractivity contribution in [3.05, 3.63) is 65.4 Å². The molecule has 0 aliphatic rings. The molecule has 2 aromatic carbocycles. The number of carbonyl (C=O) groups is 2. The predicted molar refractivity (Wildman–Crippen MR) is 113 cm³/mol. The molecule has 0 fully saturated rings. The fourth-order valence-electron chi connectivity index (χ4n) is 2.89. The number of anilines is 2. The lowest BCUT2D eigenvalue weighted by atomic mass is 10.1. The van der Waals surface area contributed by atoms with Gasteiger partial charge in [0.1, 0.15) is 12.3 Å². The topological polar surface area (TPSA) is 96.1 Å². The summed E-state index contributed by atoms with van der Waals surface area (Å²) in [6, 6.07) is 15.1. The lowest BCUT2D eigenvalue weighted by Crippen LogP contribution is -2.18. The molecule has 0 radical (unpaired) electrons. The highest BCUT2D eigenvalue weighted by Gasteiger charge is 2.12. The number of ether oxygens (including phenoxy) is 1. The molecule has 0 unspecified atom stereocenters. The first-order valence-corrected chi connectivity index (χ1v) is 9.35. The molecule has 1 heterocycles. The first-order valence-electron chi connectivity index (χ1n) is 9.35. The molecule has 0 atom stereocenters. The van der Waals surface area contributed by atoms with Crippen LogP contribution in [0.15, 0.2) is 48.5 Å². The van der Waals surface area contributed by atoms with E-state index in [1.807, 2.05) is 19.1 Å². The first kappa shape index (κ1) is 20.3. The number of nitrogens with one attached hydrogen (secondary N) is 3. The van der Waals surface area contributed by atoms with Crippen LogP contribution in [-0.2, 0) is 16.0 Å². The van der Waals surface area contributed by atoms with Crippen LogP contribution in [0.25, 0.3) is 11.3 Å². The van der Waals surface area contributed by atoms with Gasteiger partial charge in [-0.05, 0) is 48.7 Å². The van der Waals surface area contributed by atoms with Crippen LogP contribution in [0.2, 0.25) is 0 Å². The van der Waals surface area contributed by atoms with Crippen molar-refractivity contribution < 1.29 is 14.3 Å². The summed E-state index contributed by atoms with van der Waals surface area (Å²) in [5.41, 5.74) is 5.41. The van der Waals surface area contributed by atoms with E-state index in [0.717, 1.165) is 17.5 Å². The molecular weight excluding hydrogens is 368 g/mol. The van der Waals surface area contributed by atoms with Gasteiger partial charge in [-0.15, -0.1) is 0 Å². The minimum Gasteiger partial charge on any atom is -0.375 e. The number of H-pyrrole nitrogens is 1. The molecule has 3 rings (SSSR count). The first-order chi connectivity index (χ1) is 14.0. The van der Waals surface area contributed by atoms with E-state index in [9.17, 15) is 9.59 Å². The SMILES string of the molecule is CCc1ccc(-c2cc(C(=O)Nc3ccc(NC(=O)COC)c(C)c3)[nH]n2)cc1. The third kappa shape index (κ3) is 5.08. The van der Waals surface area contributed by atoms with Crippen LogP contribution in [0, 0.1) is 6.92 Å². The molecule has 1 aromatic heterocycles. The minimum absolute atomic E-state index is 0.0126. The van der Waals surface area contributed by atoms with Crippen LogP contribution in [0.1, 0.15) is 28.5 Å². The second kappa shape index (κ2) is 9.16. The lowest BCUT2D eigenvalue weighted by Gasteiger charge is -2.10. The van der Waals surface area contributed by atoms with E-state index in [2.05, 4.69) is 39.9 Å². The summed E-state index contributed by atoms with van der Waals surface area (Å²) in [5, 5.41) is 12.6. The number of hydrogen-bond donors (Lipinski definition) is 3. The second-order valence-electron chi connectivity index (χ2n) is 6.68. The quantitative estimate of drug-likeness (QED) is 0.570. The highest BCUT2D eigenvalue weighted by molar-refractivity contribution is 6.03. The van der Waals surface area contributed by atoms with Crippen LogP contribution in [0.5, 0.6) is 0 Å². The molecule has 0 spiro atoms. The van der Waals surface area contributed by atoms with E-state index in [0.29, 0.717) is 22.8 Å². The number of hydrogen-bond acceptors (Lipinski definition) is 4. The van der Waals surface area contributed by atoms with Gasteiger partial charge in [0.05, 0.1) is 5.69 Å². The standard InChI is InChI=1S/C22H24N4O3/c1-4-15-5-7-16(8-6-15)19-12-20(26-25-19)22(28)23-17-9-10-18(14(2)11-17)24-21(27)13-29-3/h5-12H,4,13H2,1-3H3,(H,23,28)(H,24,27)(H,25,26). The maximum Gasteiger partial charge on any atom is 0.273 e. The third-order valence-electron chi connectivity index (χ3n) is 4.51. The van der Waals surface area contributed by atoms with Crippen LogP contribution in [0.4, 0.5) is 11.4 Å². The molecule has 0 bridgehead atoms. The number of nitrogens with zero attached hydrogens (tertiary/aromatic N) is 1. The van der Waals surface area contributed by atoms with Crippen LogP contribution < -0.4 is 10.6 Å². The van der Waals surface area contributed by atoms with Crippen molar-refractivity contribution in [1.29, 1.82) is 0 Å². The predicted octanol–water partition coefficient (Wildman–Crippen LogP) is 3.78. The van der Waals surface area contributed by atoms with E-state index in [1.165, 1.54) is 12.7 Å². The van der Waals surface area contributed by atoms with E-state index in [-0.39, 0.29) is 18.4 Å². The summed E-state index contributed by atoms with van der Waals surface area (Å²) in [6.07, 6.45) is 0.975. The smallest absolute Gasteiger partial charge is 0.273 e. The third-order valence-corrected chi connectivity index (χ3v) is 4.51. The zero-order chi connectivity index (χ0) is 20.8. The summed E-state index contributed by atoms with van der Waals surface area (Å²) >= 11 is 0. The number of benzene rings is 2. The molecule has 0 aliphatic heterocycles. The molecule has 0 aliphatic carbocycles. The van der Waals surface area contributed by atoms with Gasteiger partial charge in [-0.1, -0.05) is 31.2 Å². The zero-order valence-electron chi connectivity index (χ0n) is 16.7. The lowest BCUT2D eigenvalue weighted by molar-refractivity contribution is -0.119. The molecule has 29 heavy (non-hydrogen) atoms. The van der Waals surface area contributed by atoms with Gasteiger partial charge < -0.3 is 15.4 Å². The number of amides is 2. The summed E-state index contributed by atoms with van der Waals surface area (Å²) in [5.74, 6) is -0.520. The monoisotopic (exact) mass is 392 g/mol. The molecule has 3 aromatic rings.